The van der Waals surface area contributed by atoms with Gasteiger partial charge in [0.05, 0.1) is 0 Å². The molecule has 4 nitrogen and oxygen atoms in total. The van der Waals surface area contributed by atoms with Crippen LogP contribution in [0.2, 0.25) is 0 Å². The number of carbonyl (C=O) groups excluding carboxylic acids is 1. The van der Waals surface area contributed by atoms with Crippen LogP contribution in [0, 0.1) is 5.92 Å². The first-order chi connectivity index (χ1) is 6.57. The number of carbonyl (C=O) groups is 2. The highest BCUT2D eigenvalue weighted by Crippen LogP contribution is 2.11. The smallest absolute Gasteiger partial charge is 0.303 e. The van der Waals surface area contributed by atoms with Crippen molar-refractivity contribution in [1.29, 1.82) is 0 Å². The normalized spacial score (nSPS) is 14.7. The van der Waals surface area contributed by atoms with Gasteiger partial charge in [0.1, 0.15) is 6.29 Å². The summed E-state index contributed by atoms with van der Waals surface area (Å²) in [5.74, 6) is -0.844. The van der Waals surface area contributed by atoms with Crippen molar-refractivity contribution in [3.8, 4) is 0 Å². The Morgan fingerprint density at radius 3 is 2.50 bits per heavy atom. The van der Waals surface area contributed by atoms with Crippen molar-refractivity contribution in [3.05, 3.63) is 0 Å². The van der Waals surface area contributed by atoms with Crippen LogP contribution in [0.5, 0.6) is 0 Å². The van der Waals surface area contributed by atoms with E-state index in [0.717, 1.165) is 25.5 Å². The van der Waals surface area contributed by atoms with Crippen LogP contribution >= 0.6 is 0 Å². The van der Waals surface area contributed by atoms with Gasteiger partial charge in [0.15, 0.2) is 0 Å². The SMILES string of the molecule is CC(N)C(C=O)CCCCCC(=O)O. The van der Waals surface area contributed by atoms with E-state index in [2.05, 4.69) is 0 Å². The number of hydrogen-bond acceptors (Lipinski definition) is 3. The van der Waals surface area contributed by atoms with Crippen LogP contribution in [0.4, 0.5) is 0 Å². The zero-order chi connectivity index (χ0) is 11.0. The van der Waals surface area contributed by atoms with Crippen LogP contribution < -0.4 is 5.73 Å². The fraction of sp³-hybridized carbons (Fsp3) is 0.800. The topological polar surface area (TPSA) is 80.4 Å². The molecule has 0 aliphatic heterocycles. The van der Waals surface area contributed by atoms with Crippen molar-refractivity contribution < 1.29 is 14.7 Å². The molecule has 0 aliphatic rings. The van der Waals surface area contributed by atoms with Gasteiger partial charge in [-0.05, 0) is 19.8 Å². The third-order valence-electron chi connectivity index (χ3n) is 2.28. The van der Waals surface area contributed by atoms with Crippen LogP contribution in [-0.2, 0) is 9.59 Å². The van der Waals surface area contributed by atoms with E-state index in [4.69, 9.17) is 10.8 Å². The molecule has 0 rings (SSSR count). The van der Waals surface area contributed by atoms with Crippen molar-refractivity contribution in [2.75, 3.05) is 0 Å². The number of aliphatic carboxylic acids is 1. The van der Waals surface area contributed by atoms with Gasteiger partial charge in [-0.1, -0.05) is 12.8 Å². The first-order valence-corrected chi connectivity index (χ1v) is 5.00. The molecule has 2 unspecified atom stereocenters. The van der Waals surface area contributed by atoms with Gasteiger partial charge in [-0.3, -0.25) is 4.79 Å². The van der Waals surface area contributed by atoms with Crippen LogP contribution in [0.15, 0.2) is 0 Å². The Balaban J connectivity index is 3.42. The number of hydrogen-bond donors (Lipinski definition) is 2. The minimum Gasteiger partial charge on any atom is -0.481 e. The van der Waals surface area contributed by atoms with E-state index in [9.17, 15) is 9.59 Å². The minimum absolute atomic E-state index is 0.0835. The van der Waals surface area contributed by atoms with Crippen molar-refractivity contribution in [1.82, 2.24) is 0 Å². The Bertz CT molecular complexity index is 180. The van der Waals surface area contributed by atoms with Crippen molar-refractivity contribution in [3.63, 3.8) is 0 Å². The quantitative estimate of drug-likeness (QED) is 0.456. The van der Waals surface area contributed by atoms with Gasteiger partial charge in [-0.15, -0.1) is 0 Å². The molecule has 0 radical (unpaired) electrons. The van der Waals surface area contributed by atoms with Gasteiger partial charge in [-0.2, -0.15) is 0 Å². The molecule has 4 heteroatoms. The highest BCUT2D eigenvalue weighted by Gasteiger charge is 2.11. The summed E-state index contributed by atoms with van der Waals surface area (Å²) in [6.07, 6.45) is 4.27. The Morgan fingerprint density at radius 2 is 2.07 bits per heavy atom. The van der Waals surface area contributed by atoms with Gasteiger partial charge in [0.2, 0.25) is 0 Å². The summed E-state index contributed by atoms with van der Waals surface area (Å²) in [6.45, 7) is 1.82. The average Bonchev–Trinajstić information content (AvgIpc) is 2.10. The minimum atomic E-state index is -0.760. The third kappa shape index (κ3) is 6.60. The van der Waals surface area contributed by atoms with Crippen molar-refractivity contribution in [2.24, 2.45) is 11.7 Å². The number of carboxylic acids is 1. The number of carboxylic acid groups (broad SMARTS) is 1. The van der Waals surface area contributed by atoms with Gasteiger partial charge in [0, 0.05) is 18.4 Å². The van der Waals surface area contributed by atoms with E-state index in [-0.39, 0.29) is 18.4 Å². The van der Waals surface area contributed by atoms with E-state index in [1.807, 2.05) is 6.92 Å². The zero-order valence-electron chi connectivity index (χ0n) is 8.61. The first-order valence-electron chi connectivity index (χ1n) is 5.00. The molecule has 0 spiro atoms. The summed E-state index contributed by atoms with van der Waals surface area (Å²) >= 11 is 0. The number of nitrogens with two attached hydrogens (primary N) is 1. The lowest BCUT2D eigenvalue weighted by molar-refractivity contribution is -0.137. The Kier molecular flexibility index (Phi) is 7.02. The molecule has 0 aromatic rings. The lowest BCUT2D eigenvalue weighted by atomic mass is 9.96. The summed E-state index contributed by atoms with van der Waals surface area (Å²) < 4.78 is 0. The number of unbranched alkanes of at least 4 members (excludes halogenated alkanes) is 2. The van der Waals surface area contributed by atoms with E-state index >= 15 is 0 Å². The van der Waals surface area contributed by atoms with Gasteiger partial charge in [0.25, 0.3) is 0 Å². The van der Waals surface area contributed by atoms with Crippen LogP contribution in [0.3, 0.4) is 0 Å². The largest absolute Gasteiger partial charge is 0.481 e. The summed E-state index contributed by atoms with van der Waals surface area (Å²) in [5, 5.41) is 8.38. The molecule has 0 heterocycles. The number of rotatable bonds is 8. The second-order valence-electron chi connectivity index (χ2n) is 3.65. The second-order valence-corrected chi connectivity index (χ2v) is 3.65. The van der Waals surface area contributed by atoms with Crippen molar-refractivity contribution >= 4 is 12.3 Å². The highest BCUT2D eigenvalue weighted by molar-refractivity contribution is 5.66. The van der Waals surface area contributed by atoms with Crippen LogP contribution in [-0.4, -0.2) is 23.4 Å². The molecular weight excluding hydrogens is 182 g/mol. The lowest BCUT2D eigenvalue weighted by Gasteiger charge is -2.13. The van der Waals surface area contributed by atoms with Gasteiger partial charge >= 0.3 is 5.97 Å². The maximum atomic E-state index is 10.5. The zero-order valence-corrected chi connectivity index (χ0v) is 8.61. The molecule has 3 N–H and O–H groups in total. The molecule has 82 valence electrons. The Morgan fingerprint density at radius 1 is 1.43 bits per heavy atom. The predicted octanol–water partition coefficient (Wildman–Crippen LogP) is 1.18. The molecule has 0 saturated carbocycles. The highest BCUT2D eigenvalue weighted by atomic mass is 16.4. The molecule has 0 fully saturated rings. The van der Waals surface area contributed by atoms with E-state index in [0.29, 0.717) is 6.42 Å². The summed E-state index contributed by atoms with van der Waals surface area (Å²) in [7, 11) is 0. The van der Waals surface area contributed by atoms with Gasteiger partial charge < -0.3 is 15.6 Å². The monoisotopic (exact) mass is 201 g/mol. The third-order valence-corrected chi connectivity index (χ3v) is 2.28. The van der Waals surface area contributed by atoms with E-state index in [1.54, 1.807) is 0 Å². The molecule has 14 heavy (non-hydrogen) atoms. The average molecular weight is 201 g/mol. The van der Waals surface area contributed by atoms with Crippen LogP contribution in [0.25, 0.3) is 0 Å². The Labute approximate surface area is 84.5 Å². The molecule has 0 aliphatic carbocycles. The van der Waals surface area contributed by atoms with Crippen LogP contribution in [0.1, 0.15) is 39.0 Å². The Hall–Kier alpha value is -0.900. The fourth-order valence-corrected chi connectivity index (χ4v) is 1.29. The maximum absolute atomic E-state index is 10.5. The molecule has 2 atom stereocenters. The number of aldehydes is 1. The molecule has 0 bridgehead atoms. The molecule has 0 aromatic heterocycles. The fourth-order valence-electron chi connectivity index (χ4n) is 1.29. The lowest BCUT2D eigenvalue weighted by Crippen LogP contribution is -2.27. The standard InChI is InChI=1S/C10H19NO3/c1-8(11)9(7-12)5-3-2-4-6-10(13)14/h7-9H,2-6,11H2,1H3,(H,13,14). The molecule has 0 saturated heterocycles. The first kappa shape index (κ1) is 13.1. The molecular formula is C10H19NO3. The predicted molar refractivity (Wildman–Crippen MR) is 53.9 cm³/mol. The van der Waals surface area contributed by atoms with E-state index < -0.39 is 5.97 Å². The summed E-state index contributed by atoms with van der Waals surface area (Å²) in [4.78, 5) is 20.7. The second kappa shape index (κ2) is 7.50. The summed E-state index contributed by atoms with van der Waals surface area (Å²) in [6, 6.07) is -0.105. The van der Waals surface area contributed by atoms with Gasteiger partial charge in [-0.25, -0.2) is 0 Å². The molecule has 0 amide bonds. The maximum Gasteiger partial charge on any atom is 0.303 e. The summed E-state index contributed by atoms with van der Waals surface area (Å²) in [5.41, 5.74) is 5.58. The molecule has 0 aromatic carbocycles. The van der Waals surface area contributed by atoms with Crippen molar-refractivity contribution in [2.45, 2.75) is 45.1 Å². The van der Waals surface area contributed by atoms with E-state index in [1.165, 1.54) is 0 Å².